The third-order valence-corrected chi connectivity index (χ3v) is 2.36. The van der Waals surface area contributed by atoms with Gasteiger partial charge in [-0.25, -0.2) is 9.59 Å². The largest absolute Gasteiger partial charge is 0.478 e. The Bertz CT molecular complexity index is 578. The van der Waals surface area contributed by atoms with Gasteiger partial charge in [0, 0.05) is 35.9 Å². The van der Waals surface area contributed by atoms with Crippen LogP contribution in [0.3, 0.4) is 0 Å². The van der Waals surface area contributed by atoms with E-state index < -0.39 is 11.9 Å². The van der Waals surface area contributed by atoms with Gasteiger partial charge in [-0.2, -0.15) is 0 Å². The van der Waals surface area contributed by atoms with Gasteiger partial charge < -0.3 is 10.2 Å². The van der Waals surface area contributed by atoms with E-state index >= 15 is 0 Å². The van der Waals surface area contributed by atoms with Crippen molar-refractivity contribution in [1.29, 1.82) is 0 Å². The fourth-order valence-electron chi connectivity index (χ4n) is 1.61. The fraction of sp³-hybridized carbons (Fsp3) is 0. The number of carboxylic acid groups (broad SMARTS) is 2. The van der Waals surface area contributed by atoms with Gasteiger partial charge in [0.25, 0.3) is 0 Å². The van der Waals surface area contributed by atoms with Crippen LogP contribution in [0.15, 0.2) is 36.9 Å². The topological polar surface area (TPSA) is 100 Å². The first kappa shape index (κ1) is 11.7. The number of hydrogen-bond donors (Lipinski definition) is 2. The van der Waals surface area contributed by atoms with E-state index in [1.165, 1.54) is 12.4 Å². The molecule has 2 aromatic heterocycles. The standard InChI is InChI=1S/C12H8N2O4/c15-11(16)8-5-14-6-9(12(17)18)10(8)7-2-1-3-13-4-7/h1-6H,(H,15,16)(H,17,18). The highest BCUT2D eigenvalue weighted by Gasteiger charge is 2.20. The second-order valence-corrected chi connectivity index (χ2v) is 3.46. The van der Waals surface area contributed by atoms with Gasteiger partial charge in [-0.3, -0.25) is 9.97 Å². The molecule has 6 heteroatoms. The lowest BCUT2D eigenvalue weighted by molar-refractivity contribution is 0.0696. The molecule has 0 aliphatic heterocycles. The van der Waals surface area contributed by atoms with Gasteiger partial charge in [-0.05, 0) is 6.07 Å². The summed E-state index contributed by atoms with van der Waals surface area (Å²) in [5.74, 6) is -2.46. The molecule has 0 saturated carbocycles. The van der Waals surface area contributed by atoms with Crippen LogP contribution in [0.2, 0.25) is 0 Å². The predicted molar refractivity (Wildman–Crippen MR) is 61.4 cm³/mol. The molecule has 0 saturated heterocycles. The Hall–Kier alpha value is -2.76. The Morgan fingerprint density at radius 1 is 0.944 bits per heavy atom. The summed E-state index contributed by atoms with van der Waals surface area (Å²) in [7, 11) is 0. The lowest BCUT2D eigenvalue weighted by Crippen LogP contribution is -2.08. The van der Waals surface area contributed by atoms with Crippen LogP contribution in [0.25, 0.3) is 11.1 Å². The Labute approximate surface area is 102 Å². The predicted octanol–water partition coefficient (Wildman–Crippen LogP) is 1.54. The van der Waals surface area contributed by atoms with E-state index in [0.29, 0.717) is 5.56 Å². The van der Waals surface area contributed by atoms with E-state index in [1.54, 1.807) is 12.1 Å². The van der Waals surface area contributed by atoms with Crippen LogP contribution in [0.5, 0.6) is 0 Å². The first-order chi connectivity index (χ1) is 8.61. The first-order valence-corrected chi connectivity index (χ1v) is 4.96. The highest BCUT2D eigenvalue weighted by atomic mass is 16.4. The number of rotatable bonds is 3. The van der Waals surface area contributed by atoms with Gasteiger partial charge in [0.1, 0.15) is 0 Å². The molecule has 0 aliphatic rings. The van der Waals surface area contributed by atoms with Crippen molar-refractivity contribution in [3.63, 3.8) is 0 Å². The molecule has 2 rings (SSSR count). The lowest BCUT2D eigenvalue weighted by atomic mass is 9.98. The summed E-state index contributed by atoms with van der Waals surface area (Å²) in [6, 6.07) is 3.20. The molecule has 2 aromatic rings. The third kappa shape index (κ3) is 2.03. The van der Waals surface area contributed by atoms with E-state index in [-0.39, 0.29) is 16.7 Å². The summed E-state index contributed by atoms with van der Waals surface area (Å²) in [6.45, 7) is 0. The van der Waals surface area contributed by atoms with Crippen LogP contribution in [0.1, 0.15) is 20.7 Å². The second-order valence-electron chi connectivity index (χ2n) is 3.46. The van der Waals surface area contributed by atoms with Crippen molar-refractivity contribution >= 4 is 11.9 Å². The van der Waals surface area contributed by atoms with E-state index in [2.05, 4.69) is 9.97 Å². The molecule has 18 heavy (non-hydrogen) atoms. The fourth-order valence-corrected chi connectivity index (χ4v) is 1.61. The number of nitrogens with zero attached hydrogens (tertiary/aromatic N) is 2. The Kier molecular flexibility index (Phi) is 3.01. The number of carboxylic acids is 2. The first-order valence-electron chi connectivity index (χ1n) is 4.96. The van der Waals surface area contributed by atoms with Crippen molar-refractivity contribution in [3.8, 4) is 11.1 Å². The maximum atomic E-state index is 11.1. The quantitative estimate of drug-likeness (QED) is 0.849. The molecule has 0 amide bonds. The number of aromatic carboxylic acids is 2. The van der Waals surface area contributed by atoms with Crippen LogP contribution >= 0.6 is 0 Å². The van der Waals surface area contributed by atoms with E-state index in [1.807, 2.05) is 0 Å². The SMILES string of the molecule is O=C(O)c1cncc(C(=O)O)c1-c1cccnc1. The number of aromatic nitrogens is 2. The minimum Gasteiger partial charge on any atom is -0.478 e. The van der Waals surface area contributed by atoms with Gasteiger partial charge in [-0.1, -0.05) is 6.07 Å². The molecule has 6 nitrogen and oxygen atoms in total. The van der Waals surface area contributed by atoms with Gasteiger partial charge in [0.15, 0.2) is 0 Å². The zero-order valence-corrected chi connectivity index (χ0v) is 9.07. The van der Waals surface area contributed by atoms with E-state index in [0.717, 1.165) is 12.4 Å². The minimum absolute atomic E-state index is 0.109. The van der Waals surface area contributed by atoms with Crippen LogP contribution in [-0.2, 0) is 0 Å². The average Bonchev–Trinajstić information content (AvgIpc) is 2.38. The number of hydrogen-bond acceptors (Lipinski definition) is 4. The van der Waals surface area contributed by atoms with Crippen LogP contribution in [-0.4, -0.2) is 32.1 Å². The number of carbonyl (C=O) groups is 2. The molecule has 90 valence electrons. The molecular formula is C12H8N2O4. The second kappa shape index (κ2) is 4.62. The molecule has 0 aliphatic carbocycles. The molecule has 0 atom stereocenters. The van der Waals surface area contributed by atoms with Gasteiger partial charge in [0.2, 0.25) is 0 Å². The molecule has 0 bridgehead atoms. The van der Waals surface area contributed by atoms with E-state index in [9.17, 15) is 9.59 Å². The molecular weight excluding hydrogens is 236 g/mol. The molecule has 2 N–H and O–H groups in total. The lowest BCUT2D eigenvalue weighted by Gasteiger charge is -2.08. The molecule has 2 heterocycles. The Morgan fingerprint density at radius 2 is 1.56 bits per heavy atom. The third-order valence-electron chi connectivity index (χ3n) is 2.36. The van der Waals surface area contributed by atoms with Crippen molar-refractivity contribution in [1.82, 2.24) is 9.97 Å². The van der Waals surface area contributed by atoms with Crippen molar-refractivity contribution in [2.45, 2.75) is 0 Å². The normalized spacial score (nSPS) is 10.0. The highest BCUT2D eigenvalue weighted by molar-refractivity contribution is 6.04. The highest BCUT2D eigenvalue weighted by Crippen LogP contribution is 2.26. The van der Waals surface area contributed by atoms with Crippen LogP contribution in [0.4, 0.5) is 0 Å². The zero-order valence-electron chi connectivity index (χ0n) is 9.07. The maximum Gasteiger partial charge on any atom is 0.337 e. The number of pyridine rings is 2. The molecule has 0 radical (unpaired) electrons. The Morgan fingerprint density at radius 3 is 2.00 bits per heavy atom. The van der Waals surface area contributed by atoms with Crippen molar-refractivity contribution in [2.24, 2.45) is 0 Å². The van der Waals surface area contributed by atoms with E-state index in [4.69, 9.17) is 10.2 Å². The average molecular weight is 244 g/mol. The molecule has 0 unspecified atom stereocenters. The smallest absolute Gasteiger partial charge is 0.337 e. The molecule has 0 fully saturated rings. The zero-order chi connectivity index (χ0) is 13.1. The van der Waals surface area contributed by atoms with Crippen LogP contribution in [0, 0.1) is 0 Å². The summed E-state index contributed by atoms with van der Waals surface area (Å²) in [5, 5.41) is 18.2. The minimum atomic E-state index is -1.23. The van der Waals surface area contributed by atoms with Gasteiger partial charge in [0.05, 0.1) is 11.1 Å². The summed E-state index contributed by atoms with van der Waals surface area (Å²) >= 11 is 0. The van der Waals surface area contributed by atoms with Crippen LogP contribution < -0.4 is 0 Å². The summed E-state index contributed by atoms with van der Waals surface area (Å²) in [6.07, 6.45) is 5.17. The molecule has 0 aromatic carbocycles. The van der Waals surface area contributed by atoms with Gasteiger partial charge >= 0.3 is 11.9 Å². The van der Waals surface area contributed by atoms with Crippen molar-refractivity contribution < 1.29 is 19.8 Å². The Balaban J connectivity index is 2.77. The summed E-state index contributed by atoms with van der Waals surface area (Å²) in [5.41, 5.74) is 0.207. The maximum absolute atomic E-state index is 11.1. The van der Waals surface area contributed by atoms with Gasteiger partial charge in [-0.15, -0.1) is 0 Å². The van der Waals surface area contributed by atoms with Crippen molar-refractivity contribution in [2.75, 3.05) is 0 Å². The van der Waals surface area contributed by atoms with Crippen molar-refractivity contribution in [3.05, 3.63) is 48.0 Å². The monoisotopic (exact) mass is 244 g/mol. The molecule has 0 spiro atoms. The summed E-state index contributed by atoms with van der Waals surface area (Å²) in [4.78, 5) is 29.7. The summed E-state index contributed by atoms with van der Waals surface area (Å²) < 4.78 is 0.